The lowest BCUT2D eigenvalue weighted by atomic mass is 9.58. The molecule has 1 aliphatic carbocycles. The maximum Gasteiger partial charge on any atom is 0.615 e. The average Bonchev–Trinajstić information content (AvgIpc) is 3.08. The third-order valence-electron chi connectivity index (χ3n) is 8.14. The maximum absolute atomic E-state index is 12.8. The quantitative estimate of drug-likeness (QED) is 0.499. The van der Waals surface area contributed by atoms with Gasteiger partial charge in [-0.05, 0) is 37.3 Å². The van der Waals surface area contributed by atoms with Crippen molar-refractivity contribution in [2.45, 2.75) is 56.5 Å². The lowest BCUT2D eigenvalue weighted by Crippen LogP contribution is -2.72. The molecule has 2 aromatic rings. The molecule has 0 N–H and O–H groups in total. The number of hydrogen-bond acceptors (Lipinski definition) is 6. The van der Waals surface area contributed by atoms with E-state index in [0.717, 1.165) is 30.4 Å². The molecule has 0 aromatic heterocycles. The largest absolute Gasteiger partial charge is 0.615 e. The number of rotatable bonds is 6. The predicted octanol–water partition coefficient (Wildman–Crippen LogP) is 2.85. The van der Waals surface area contributed by atoms with Crippen molar-refractivity contribution in [2.24, 2.45) is 0 Å². The van der Waals surface area contributed by atoms with Crippen LogP contribution in [-0.2, 0) is 40.6 Å². The number of ether oxygens (including phenoxy) is 2. The number of quaternary nitrogens is 1. The van der Waals surface area contributed by atoms with Gasteiger partial charge in [-0.3, -0.25) is 9.59 Å². The lowest BCUT2D eigenvalue weighted by Gasteiger charge is -2.49. The van der Waals surface area contributed by atoms with E-state index < -0.39 is 18.3 Å². The van der Waals surface area contributed by atoms with Crippen LogP contribution in [0, 0.1) is 0 Å². The Morgan fingerprint density at radius 3 is 2.27 bits per heavy atom. The van der Waals surface area contributed by atoms with Gasteiger partial charge in [0, 0.05) is 0 Å². The molecule has 2 aromatic carbocycles. The van der Waals surface area contributed by atoms with Crippen molar-refractivity contribution in [3.63, 3.8) is 0 Å². The van der Waals surface area contributed by atoms with Crippen molar-refractivity contribution in [3.05, 3.63) is 71.8 Å². The van der Waals surface area contributed by atoms with Gasteiger partial charge in [0.25, 0.3) is 0 Å². The van der Waals surface area contributed by atoms with Crippen LogP contribution in [0.15, 0.2) is 60.7 Å². The zero-order valence-electron chi connectivity index (χ0n) is 18.7. The first-order valence-electron chi connectivity index (χ1n) is 11.8. The molecule has 4 fully saturated rings. The Balaban J connectivity index is 1.33. The van der Waals surface area contributed by atoms with E-state index >= 15 is 0 Å². The van der Waals surface area contributed by atoms with Crippen molar-refractivity contribution in [1.82, 2.24) is 0 Å². The minimum Gasteiger partial charge on any atom is -0.598 e. The highest BCUT2D eigenvalue weighted by Gasteiger charge is 2.82. The molecule has 33 heavy (non-hydrogen) atoms. The van der Waals surface area contributed by atoms with E-state index in [1.165, 1.54) is 0 Å². The standard InChI is InChI=1S/C25H28BNO6/c1-25(19-11-6-3-7-12-19)24(31-25)26-27(15-22(28)32-26,16-23(29)33-26)20-13-8-14-21(20)30-17-18-9-4-2-5-10-18/h2-7,9-12,20-21,24H,8,13-17H2,1H3/t20-,21-,24?,25+,26?,27?/m1/s1. The highest BCUT2D eigenvalue weighted by Crippen LogP contribution is 2.57. The highest BCUT2D eigenvalue weighted by atomic mass is 16.7. The molecule has 172 valence electrons. The van der Waals surface area contributed by atoms with E-state index in [2.05, 4.69) is 0 Å². The van der Waals surface area contributed by atoms with Crippen LogP contribution < -0.4 is 0 Å². The molecule has 7 nitrogen and oxygen atoms in total. The molecule has 1 saturated carbocycles. The van der Waals surface area contributed by atoms with E-state index in [9.17, 15) is 9.59 Å². The van der Waals surface area contributed by atoms with Gasteiger partial charge in [0.15, 0.2) is 0 Å². The summed E-state index contributed by atoms with van der Waals surface area (Å²) in [7, 11) is 0. The van der Waals surface area contributed by atoms with Crippen molar-refractivity contribution in [3.8, 4) is 0 Å². The van der Waals surface area contributed by atoms with Crippen LogP contribution >= 0.6 is 0 Å². The predicted molar refractivity (Wildman–Crippen MR) is 119 cm³/mol. The van der Waals surface area contributed by atoms with E-state index in [1.807, 2.05) is 67.6 Å². The Bertz CT molecular complexity index is 1060. The Morgan fingerprint density at radius 2 is 1.61 bits per heavy atom. The summed E-state index contributed by atoms with van der Waals surface area (Å²) in [4.78, 5) is 25.6. The van der Waals surface area contributed by atoms with Crippen LogP contribution in [0.4, 0.5) is 0 Å². The normalized spacial score (nSPS) is 39.2. The van der Waals surface area contributed by atoms with Gasteiger partial charge in [-0.1, -0.05) is 60.7 Å². The van der Waals surface area contributed by atoms with Crippen LogP contribution in [-0.4, -0.2) is 54.3 Å². The fourth-order valence-corrected chi connectivity index (χ4v) is 6.56. The van der Waals surface area contributed by atoms with Crippen molar-refractivity contribution >= 4 is 18.6 Å². The number of epoxide rings is 1. The SMILES string of the molecule is C[C@@]1(c2ccccc2)OC1[B-]12OC(=O)C[N+]1([C@@H]1CCC[C@H]1OCc1ccccc1)CC(=O)O2. The summed E-state index contributed by atoms with van der Waals surface area (Å²) < 4.78 is 24.8. The molecule has 3 aliphatic heterocycles. The first kappa shape index (κ1) is 20.9. The third-order valence-corrected chi connectivity index (χ3v) is 8.14. The molecule has 4 aliphatic rings. The van der Waals surface area contributed by atoms with Gasteiger partial charge in [-0.15, -0.1) is 0 Å². The summed E-state index contributed by atoms with van der Waals surface area (Å²) in [6, 6.07) is 19.3. The summed E-state index contributed by atoms with van der Waals surface area (Å²) in [5.41, 5.74) is 1.42. The number of benzene rings is 2. The summed E-state index contributed by atoms with van der Waals surface area (Å²) in [6.45, 7) is 0.353. The van der Waals surface area contributed by atoms with Crippen LogP contribution in [0.2, 0.25) is 0 Å². The minimum absolute atomic E-state index is 0.0594. The summed E-state index contributed by atoms with van der Waals surface area (Å²) in [6.07, 6.45) is 2.62. The lowest BCUT2D eigenvalue weighted by molar-refractivity contribution is -0.846. The Morgan fingerprint density at radius 1 is 0.970 bits per heavy atom. The highest BCUT2D eigenvalue weighted by molar-refractivity contribution is 6.68. The summed E-state index contributed by atoms with van der Waals surface area (Å²) in [5.74, 6) is -0.663. The van der Waals surface area contributed by atoms with Gasteiger partial charge >= 0.3 is 18.6 Å². The molecule has 0 spiro atoms. The summed E-state index contributed by atoms with van der Waals surface area (Å²) >= 11 is 0. The Kier molecular flexibility index (Phi) is 4.70. The number of fused-ring (bicyclic) bond motifs is 1. The molecule has 0 amide bonds. The van der Waals surface area contributed by atoms with Crippen LogP contribution in [0.5, 0.6) is 0 Å². The average molecular weight is 449 g/mol. The molecule has 0 radical (unpaired) electrons. The van der Waals surface area contributed by atoms with Gasteiger partial charge in [0.05, 0.1) is 18.2 Å². The molecule has 3 saturated heterocycles. The van der Waals surface area contributed by atoms with Gasteiger partial charge in [0.2, 0.25) is 0 Å². The van der Waals surface area contributed by atoms with E-state index in [0.29, 0.717) is 6.61 Å². The maximum atomic E-state index is 12.8. The van der Waals surface area contributed by atoms with Crippen LogP contribution in [0.25, 0.3) is 0 Å². The minimum atomic E-state index is -2.36. The van der Waals surface area contributed by atoms with Crippen LogP contribution in [0.1, 0.15) is 37.3 Å². The molecule has 1 unspecified atom stereocenters. The first-order valence-corrected chi connectivity index (χ1v) is 11.8. The molecular weight excluding hydrogens is 421 g/mol. The number of carbonyl (C=O) groups is 2. The van der Waals surface area contributed by atoms with Gasteiger partial charge in [-0.2, -0.15) is 0 Å². The van der Waals surface area contributed by atoms with E-state index in [4.69, 9.17) is 18.8 Å². The fraction of sp³-hybridized carbons (Fsp3) is 0.440. The van der Waals surface area contributed by atoms with Gasteiger partial charge in [0.1, 0.15) is 25.2 Å². The van der Waals surface area contributed by atoms with E-state index in [-0.39, 0.29) is 41.6 Å². The molecule has 8 heteroatoms. The van der Waals surface area contributed by atoms with Crippen molar-refractivity contribution < 1.29 is 32.8 Å². The van der Waals surface area contributed by atoms with Crippen LogP contribution in [0.3, 0.4) is 0 Å². The number of nitrogens with zero attached hydrogens (tertiary/aromatic N) is 1. The number of carbonyl (C=O) groups excluding carboxylic acids is 2. The number of hydrogen-bond donors (Lipinski definition) is 0. The fourth-order valence-electron chi connectivity index (χ4n) is 6.56. The third kappa shape index (κ3) is 3.08. The van der Waals surface area contributed by atoms with Crippen molar-refractivity contribution in [1.29, 1.82) is 0 Å². The van der Waals surface area contributed by atoms with Crippen molar-refractivity contribution in [2.75, 3.05) is 13.1 Å². The summed E-state index contributed by atoms with van der Waals surface area (Å²) in [5, 5.41) is 0. The first-order chi connectivity index (χ1) is 16.0. The van der Waals surface area contributed by atoms with E-state index in [1.54, 1.807) is 0 Å². The molecule has 6 rings (SSSR count). The topological polar surface area (TPSA) is 74.4 Å². The molecular formula is C25H28BNO6. The second-order valence-electron chi connectivity index (χ2n) is 9.97. The second-order valence-corrected chi connectivity index (χ2v) is 9.97. The van der Waals surface area contributed by atoms with Gasteiger partial charge < -0.3 is 23.2 Å². The monoisotopic (exact) mass is 449 g/mol. The Hall–Kier alpha value is -2.68. The van der Waals surface area contributed by atoms with Gasteiger partial charge in [-0.25, -0.2) is 0 Å². The molecule has 3 heterocycles. The molecule has 4 atom stereocenters. The zero-order chi connectivity index (χ0) is 22.7. The molecule has 0 bridgehead atoms. The zero-order valence-corrected chi connectivity index (χ0v) is 18.7. The Labute approximate surface area is 193 Å². The smallest absolute Gasteiger partial charge is 0.598 e. The second kappa shape index (κ2) is 7.42.